The number of anilines is 1. The molecule has 2 heterocycles. The minimum atomic E-state index is -0.773. The lowest BCUT2D eigenvalue weighted by atomic mass is 10.1. The molecule has 1 atom stereocenters. The van der Waals surface area contributed by atoms with E-state index in [0.717, 1.165) is 22.3 Å². The van der Waals surface area contributed by atoms with Gasteiger partial charge in [-0.15, -0.1) is 0 Å². The van der Waals surface area contributed by atoms with E-state index in [-0.39, 0.29) is 24.5 Å². The van der Waals surface area contributed by atoms with Crippen LogP contribution in [0.1, 0.15) is 28.4 Å². The van der Waals surface area contributed by atoms with E-state index in [0.29, 0.717) is 56.1 Å². The molecule has 3 aromatic carbocycles. The molecular weight excluding hydrogens is 543 g/mol. The molecule has 1 saturated heterocycles. The molecule has 1 unspecified atom stereocenters. The van der Waals surface area contributed by atoms with Gasteiger partial charge in [-0.3, -0.25) is 18.8 Å². The van der Waals surface area contributed by atoms with Gasteiger partial charge in [0.05, 0.1) is 13.1 Å². The number of halogens is 3. The molecule has 1 aliphatic rings. The van der Waals surface area contributed by atoms with E-state index in [9.17, 15) is 22.8 Å². The molecule has 42 heavy (non-hydrogen) atoms. The topological polar surface area (TPSA) is 76.5 Å². The second-order valence-corrected chi connectivity index (χ2v) is 10.6. The Hall–Kier alpha value is -4.15. The highest BCUT2D eigenvalue weighted by Gasteiger charge is 2.26. The molecule has 1 aromatic heterocycles. The zero-order valence-corrected chi connectivity index (χ0v) is 23.5. The number of nitrogens with two attached hydrogens (primary N) is 1. The molecule has 1 aliphatic heterocycles. The van der Waals surface area contributed by atoms with Gasteiger partial charge in [-0.2, -0.15) is 0 Å². The predicted octanol–water partition coefficient (Wildman–Crippen LogP) is 3.85. The highest BCUT2D eigenvalue weighted by atomic mass is 19.1. The molecule has 2 N–H and O–H groups in total. The number of rotatable bonds is 9. The summed E-state index contributed by atoms with van der Waals surface area (Å²) < 4.78 is 45.7. The smallest absolute Gasteiger partial charge is 0.331 e. The summed E-state index contributed by atoms with van der Waals surface area (Å²) in [5, 5.41) is 0. The van der Waals surface area contributed by atoms with Crippen molar-refractivity contribution < 1.29 is 13.2 Å². The molecule has 0 radical (unpaired) electrons. The third kappa shape index (κ3) is 6.19. The van der Waals surface area contributed by atoms with Crippen molar-refractivity contribution in [1.29, 1.82) is 0 Å². The molecule has 1 fully saturated rings. The molecule has 0 aliphatic carbocycles. The van der Waals surface area contributed by atoms with E-state index in [4.69, 9.17) is 5.73 Å². The van der Waals surface area contributed by atoms with Gasteiger partial charge >= 0.3 is 5.69 Å². The molecule has 0 saturated carbocycles. The zero-order valence-electron chi connectivity index (χ0n) is 23.5. The quantitative estimate of drug-likeness (QED) is 0.327. The number of nitrogens with zero attached hydrogens (tertiary/aromatic N) is 4. The van der Waals surface area contributed by atoms with Crippen LogP contribution in [0.5, 0.6) is 0 Å². The van der Waals surface area contributed by atoms with Crippen molar-refractivity contribution in [1.82, 2.24) is 14.0 Å². The molecule has 4 aromatic rings. The Labute approximate surface area is 242 Å². The molecule has 5 rings (SSSR count). The SMILES string of the molecule is Cc1c(N2CCN(CCc3ccccc3F)CC2)c(=O)n(CC(N)c2ccccc2)c(=O)n1Cc1c(F)cccc1F. The second-order valence-electron chi connectivity index (χ2n) is 10.6. The van der Waals surface area contributed by atoms with Crippen molar-refractivity contribution in [3.8, 4) is 0 Å². The van der Waals surface area contributed by atoms with Gasteiger partial charge in [0.1, 0.15) is 23.1 Å². The summed E-state index contributed by atoms with van der Waals surface area (Å²) in [6.07, 6.45) is 0.564. The first-order valence-corrected chi connectivity index (χ1v) is 14.0. The molecule has 0 bridgehead atoms. The van der Waals surface area contributed by atoms with Crippen LogP contribution < -0.4 is 21.9 Å². The van der Waals surface area contributed by atoms with E-state index in [2.05, 4.69) is 4.90 Å². The van der Waals surface area contributed by atoms with Gasteiger partial charge < -0.3 is 10.6 Å². The number of hydrogen-bond donors (Lipinski definition) is 1. The first kappa shape index (κ1) is 29.3. The summed E-state index contributed by atoms with van der Waals surface area (Å²) in [4.78, 5) is 31.7. The summed E-state index contributed by atoms with van der Waals surface area (Å²) >= 11 is 0. The van der Waals surface area contributed by atoms with Crippen molar-refractivity contribution in [2.24, 2.45) is 5.73 Å². The molecule has 7 nitrogen and oxygen atoms in total. The maximum atomic E-state index is 14.6. The van der Waals surface area contributed by atoms with Gasteiger partial charge in [-0.25, -0.2) is 18.0 Å². The molecule has 0 amide bonds. The monoisotopic (exact) mass is 577 g/mol. The van der Waals surface area contributed by atoms with Crippen LogP contribution in [0.3, 0.4) is 0 Å². The summed E-state index contributed by atoms with van der Waals surface area (Å²) in [7, 11) is 0. The largest absolute Gasteiger partial charge is 0.363 e. The van der Waals surface area contributed by atoms with Crippen molar-refractivity contribution in [3.63, 3.8) is 0 Å². The van der Waals surface area contributed by atoms with Crippen molar-refractivity contribution in [2.45, 2.75) is 32.5 Å². The minimum absolute atomic E-state index is 0.0999. The standard InChI is InChI=1S/C32H34F3N5O2/c1-22-30(38-18-16-37(17-19-38)15-14-23-8-5-6-11-26(23)33)31(41)40(21-29(36)24-9-3-2-4-10-24)32(42)39(22)20-25-27(34)12-7-13-28(25)35/h2-13,29H,14-21,36H2,1H3. The highest BCUT2D eigenvalue weighted by molar-refractivity contribution is 5.50. The first-order valence-electron chi connectivity index (χ1n) is 14.0. The van der Waals surface area contributed by atoms with Gasteiger partial charge in [0.25, 0.3) is 5.56 Å². The average molecular weight is 578 g/mol. The van der Waals surface area contributed by atoms with Crippen LogP contribution in [0.15, 0.2) is 82.4 Å². The maximum absolute atomic E-state index is 14.6. The molecule has 0 spiro atoms. The van der Waals surface area contributed by atoms with Crippen LogP contribution in [0.4, 0.5) is 18.9 Å². The number of hydrogen-bond acceptors (Lipinski definition) is 5. The van der Waals surface area contributed by atoms with E-state index >= 15 is 0 Å². The number of aromatic nitrogens is 2. The van der Waals surface area contributed by atoms with E-state index in [1.807, 2.05) is 41.3 Å². The summed E-state index contributed by atoms with van der Waals surface area (Å²) in [6, 6.07) is 18.7. The number of piperazine rings is 1. The van der Waals surface area contributed by atoms with Crippen molar-refractivity contribution in [2.75, 3.05) is 37.6 Å². The maximum Gasteiger partial charge on any atom is 0.331 e. The fraction of sp³-hybridized carbons (Fsp3) is 0.312. The normalized spacial score (nSPS) is 14.7. The third-order valence-electron chi connectivity index (χ3n) is 7.99. The first-order chi connectivity index (χ1) is 20.2. The van der Waals surface area contributed by atoms with Gasteiger partial charge in [0.2, 0.25) is 0 Å². The van der Waals surface area contributed by atoms with E-state index in [1.165, 1.54) is 16.7 Å². The van der Waals surface area contributed by atoms with E-state index in [1.54, 1.807) is 19.1 Å². The van der Waals surface area contributed by atoms with Gasteiger partial charge in [-0.1, -0.05) is 54.6 Å². The molecule has 10 heteroatoms. The Bertz CT molecular complexity index is 1640. The summed E-state index contributed by atoms with van der Waals surface area (Å²) in [5.74, 6) is -1.77. The van der Waals surface area contributed by atoms with Gasteiger partial charge in [0, 0.05) is 50.0 Å². The molecule has 220 valence electrons. The Kier molecular flexibility index (Phi) is 8.94. The van der Waals surface area contributed by atoms with Crippen LogP contribution in [0.25, 0.3) is 0 Å². The minimum Gasteiger partial charge on any atom is -0.363 e. The van der Waals surface area contributed by atoms with Crippen molar-refractivity contribution >= 4 is 5.69 Å². The predicted molar refractivity (Wildman–Crippen MR) is 157 cm³/mol. The Balaban J connectivity index is 1.46. The lowest BCUT2D eigenvalue weighted by molar-refractivity contribution is 0.259. The van der Waals surface area contributed by atoms with Gasteiger partial charge in [0.15, 0.2) is 0 Å². The van der Waals surface area contributed by atoms with Crippen LogP contribution >= 0.6 is 0 Å². The van der Waals surface area contributed by atoms with Crippen molar-refractivity contribution in [3.05, 3.63) is 133 Å². The second kappa shape index (κ2) is 12.8. The Morgan fingerprint density at radius 2 is 1.40 bits per heavy atom. The average Bonchev–Trinajstić information content (AvgIpc) is 2.99. The lowest BCUT2D eigenvalue weighted by Gasteiger charge is -2.37. The lowest BCUT2D eigenvalue weighted by Crippen LogP contribution is -2.52. The fourth-order valence-electron chi connectivity index (χ4n) is 5.52. The van der Waals surface area contributed by atoms with Crippen LogP contribution in [0, 0.1) is 24.4 Å². The summed E-state index contributed by atoms with van der Waals surface area (Å²) in [6.45, 7) is 4.04. The number of benzene rings is 3. The highest BCUT2D eigenvalue weighted by Crippen LogP contribution is 2.20. The zero-order chi connectivity index (χ0) is 29.8. The summed E-state index contributed by atoms with van der Waals surface area (Å²) in [5.41, 5.74) is 7.03. The van der Waals surface area contributed by atoms with Gasteiger partial charge in [-0.05, 0) is 42.7 Å². The van der Waals surface area contributed by atoms with Crippen LogP contribution in [0.2, 0.25) is 0 Å². The van der Waals surface area contributed by atoms with Crippen LogP contribution in [-0.4, -0.2) is 46.8 Å². The van der Waals surface area contributed by atoms with Crippen LogP contribution in [-0.2, 0) is 19.5 Å². The third-order valence-corrected chi connectivity index (χ3v) is 7.99. The fourth-order valence-corrected chi connectivity index (χ4v) is 5.52. The molecular formula is C32H34F3N5O2. The Morgan fingerprint density at radius 1 is 0.786 bits per heavy atom. The van der Waals surface area contributed by atoms with E-state index < -0.39 is 28.9 Å². The Morgan fingerprint density at radius 3 is 2.07 bits per heavy atom.